The summed E-state index contributed by atoms with van der Waals surface area (Å²) in [4.78, 5) is 15.2. The molecule has 0 aliphatic heterocycles. The first-order valence-corrected chi connectivity index (χ1v) is 6.13. The van der Waals surface area contributed by atoms with E-state index in [1.807, 2.05) is 0 Å². The highest BCUT2D eigenvalue weighted by Gasteiger charge is 2.07. The van der Waals surface area contributed by atoms with E-state index in [4.69, 9.17) is 11.6 Å². The zero-order chi connectivity index (χ0) is 13.5. The normalized spacial score (nSPS) is 10.7. The lowest BCUT2D eigenvalue weighted by Crippen LogP contribution is -2.15. The molecule has 18 heavy (non-hydrogen) atoms. The number of carbonyl (C=O) groups is 1. The molecule has 0 atom stereocenters. The van der Waals surface area contributed by atoms with Gasteiger partial charge < -0.3 is 10.1 Å². The molecule has 0 aliphatic rings. The summed E-state index contributed by atoms with van der Waals surface area (Å²) in [5.74, 6) is -0.347. The number of hydrogen-bond acceptors (Lipinski definition) is 3. The molecule has 1 aromatic rings. The molecule has 1 rings (SSSR count). The second-order valence-electron chi connectivity index (χ2n) is 3.26. The summed E-state index contributed by atoms with van der Waals surface area (Å²) in [5.41, 5.74) is 0.463. The van der Waals surface area contributed by atoms with Gasteiger partial charge in [-0.2, -0.15) is 0 Å². The first-order chi connectivity index (χ1) is 8.49. The van der Waals surface area contributed by atoms with E-state index in [1.54, 1.807) is 6.07 Å². The Bertz CT molecular complexity index is 421. The lowest BCUT2D eigenvalue weighted by atomic mass is 10.3. The van der Waals surface area contributed by atoms with Crippen LogP contribution in [0.25, 0.3) is 0 Å². The molecule has 4 nitrogen and oxygen atoms in total. The number of anilines is 1. The summed E-state index contributed by atoms with van der Waals surface area (Å²) in [6.45, 7) is -0.723. The fourth-order valence-corrected chi connectivity index (χ4v) is 1.50. The topological polar surface area (TPSA) is 51.2 Å². The maximum atomic E-state index is 11.7. The highest BCUT2D eigenvalue weighted by atomic mass is 79.9. The lowest BCUT2D eigenvalue weighted by Gasteiger charge is -2.06. The Morgan fingerprint density at radius 3 is 2.94 bits per heavy atom. The van der Waals surface area contributed by atoms with Gasteiger partial charge in [-0.1, -0.05) is 11.6 Å². The number of nitrogens with zero attached hydrogens (tertiary/aromatic N) is 1. The van der Waals surface area contributed by atoms with Crippen molar-refractivity contribution >= 4 is 39.1 Å². The Labute approximate surface area is 116 Å². The van der Waals surface area contributed by atoms with Crippen molar-refractivity contribution in [3.8, 4) is 0 Å². The number of rotatable bonds is 6. The van der Waals surface area contributed by atoms with Gasteiger partial charge in [0.15, 0.2) is 0 Å². The highest BCUT2D eigenvalue weighted by Crippen LogP contribution is 2.22. The van der Waals surface area contributed by atoms with Crippen LogP contribution in [-0.4, -0.2) is 30.5 Å². The summed E-state index contributed by atoms with van der Waals surface area (Å²) < 4.78 is 28.6. The molecule has 8 heteroatoms. The minimum Gasteiger partial charge on any atom is -0.375 e. The molecular formula is C10H10BrClF2N2O2. The van der Waals surface area contributed by atoms with Crippen molar-refractivity contribution in [2.45, 2.75) is 12.8 Å². The van der Waals surface area contributed by atoms with Crippen LogP contribution in [0.1, 0.15) is 6.42 Å². The standard InChI is InChI=1S/C10H10BrClF2N2O2/c11-7-3-6(4-15-10(7)12)16-9(17)1-2-18-5-8(13)14/h3-4,8H,1-2,5H2,(H,16,17). The van der Waals surface area contributed by atoms with Gasteiger partial charge in [0, 0.05) is 0 Å². The Hall–Kier alpha value is -0.790. The third-order valence-corrected chi connectivity index (χ3v) is 2.93. The van der Waals surface area contributed by atoms with Crippen molar-refractivity contribution in [3.05, 3.63) is 21.9 Å². The number of aromatic nitrogens is 1. The predicted molar refractivity (Wildman–Crippen MR) is 67.0 cm³/mol. The van der Waals surface area contributed by atoms with Crippen molar-refractivity contribution < 1.29 is 18.3 Å². The summed E-state index contributed by atoms with van der Waals surface area (Å²) >= 11 is 8.85. The van der Waals surface area contributed by atoms with Crippen LogP contribution in [0.4, 0.5) is 14.5 Å². The number of halogens is 4. The van der Waals surface area contributed by atoms with Gasteiger partial charge in [-0.05, 0) is 22.0 Å². The summed E-state index contributed by atoms with van der Waals surface area (Å²) in [5, 5.41) is 2.83. The van der Waals surface area contributed by atoms with E-state index < -0.39 is 13.0 Å². The Morgan fingerprint density at radius 1 is 1.61 bits per heavy atom. The molecule has 1 N–H and O–H groups in total. The van der Waals surface area contributed by atoms with Crippen molar-refractivity contribution in [1.82, 2.24) is 4.98 Å². The molecule has 0 unspecified atom stereocenters. The maximum absolute atomic E-state index is 11.7. The highest BCUT2D eigenvalue weighted by molar-refractivity contribution is 9.10. The number of hydrogen-bond donors (Lipinski definition) is 1. The number of carbonyl (C=O) groups excluding carboxylic acids is 1. The van der Waals surface area contributed by atoms with Gasteiger partial charge in [0.1, 0.15) is 11.8 Å². The van der Waals surface area contributed by atoms with Crippen LogP contribution in [0.5, 0.6) is 0 Å². The van der Waals surface area contributed by atoms with Crippen LogP contribution in [0.2, 0.25) is 5.15 Å². The quantitative estimate of drug-likeness (QED) is 0.638. The van der Waals surface area contributed by atoms with Gasteiger partial charge in [-0.25, -0.2) is 13.8 Å². The molecule has 0 aromatic carbocycles. The van der Waals surface area contributed by atoms with Crippen molar-refractivity contribution in [1.29, 1.82) is 0 Å². The number of amides is 1. The van der Waals surface area contributed by atoms with E-state index in [0.717, 1.165) is 0 Å². The number of ether oxygens (including phenoxy) is 1. The minimum atomic E-state index is -2.52. The van der Waals surface area contributed by atoms with Crippen LogP contribution in [0, 0.1) is 0 Å². The van der Waals surface area contributed by atoms with Crippen LogP contribution in [-0.2, 0) is 9.53 Å². The molecule has 0 aliphatic carbocycles. The number of nitrogens with one attached hydrogen (secondary N) is 1. The van der Waals surface area contributed by atoms with Gasteiger partial charge >= 0.3 is 0 Å². The van der Waals surface area contributed by atoms with Gasteiger partial charge in [0.05, 0.1) is 29.4 Å². The minimum absolute atomic E-state index is 0.00698. The first-order valence-electron chi connectivity index (χ1n) is 4.96. The zero-order valence-corrected chi connectivity index (χ0v) is 11.5. The first kappa shape index (κ1) is 15.3. The fourth-order valence-electron chi connectivity index (χ4n) is 1.05. The Morgan fingerprint density at radius 2 is 2.33 bits per heavy atom. The monoisotopic (exact) mass is 342 g/mol. The van der Waals surface area contributed by atoms with Crippen molar-refractivity contribution in [3.63, 3.8) is 0 Å². The SMILES string of the molecule is O=C(CCOCC(F)F)Nc1cnc(Cl)c(Br)c1. The summed E-state index contributed by atoms with van der Waals surface area (Å²) in [6.07, 6.45) is -1.14. The predicted octanol–water partition coefficient (Wildman–Crippen LogP) is 3.11. The summed E-state index contributed by atoms with van der Waals surface area (Å²) in [6, 6.07) is 1.59. The maximum Gasteiger partial charge on any atom is 0.261 e. The van der Waals surface area contributed by atoms with E-state index in [1.165, 1.54) is 6.20 Å². The molecule has 0 saturated carbocycles. The smallest absolute Gasteiger partial charge is 0.261 e. The van der Waals surface area contributed by atoms with Gasteiger partial charge in [0.2, 0.25) is 5.91 Å². The largest absolute Gasteiger partial charge is 0.375 e. The molecule has 1 heterocycles. The third kappa shape index (κ3) is 5.70. The fraction of sp³-hybridized carbons (Fsp3) is 0.400. The molecule has 0 saturated heterocycles. The van der Waals surface area contributed by atoms with Gasteiger partial charge in [-0.15, -0.1) is 0 Å². The second kappa shape index (κ2) is 7.60. The van der Waals surface area contributed by atoms with Gasteiger partial charge in [-0.3, -0.25) is 4.79 Å². The molecular weight excluding hydrogens is 333 g/mol. The molecule has 0 radical (unpaired) electrons. The Kier molecular flexibility index (Phi) is 6.45. The molecule has 0 spiro atoms. The molecule has 1 amide bonds. The molecule has 0 bridgehead atoms. The summed E-state index contributed by atoms with van der Waals surface area (Å²) in [7, 11) is 0. The average molecular weight is 344 g/mol. The van der Waals surface area contributed by atoms with Crippen LogP contribution in [0.3, 0.4) is 0 Å². The van der Waals surface area contributed by atoms with Crippen LogP contribution >= 0.6 is 27.5 Å². The molecule has 1 aromatic heterocycles. The zero-order valence-electron chi connectivity index (χ0n) is 9.13. The van der Waals surface area contributed by atoms with E-state index in [-0.39, 0.29) is 24.1 Å². The van der Waals surface area contributed by atoms with E-state index in [0.29, 0.717) is 10.2 Å². The van der Waals surface area contributed by atoms with E-state index in [9.17, 15) is 13.6 Å². The van der Waals surface area contributed by atoms with Crippen LogP contribution in [0.15, 0.2) is 16.7 Å². The van der Waals surface area contributed by atoms with Gasteiger partial charge in [0.25, 0.3) is 6.43 Å². The van der Waals surface area contributed by atoms with Crippen LogP contribution < -0.4 is 5.32 Å². The third-order valence-electron chi connectivity index (χ3n) is 1.80. The second-order valence-corrected chi connectivity index (χ2v) is 4.47. The van der Waals surface area contributed by atoms with E-state index in [2.05, 4.69) is 31.0 Å². The number of alkyl halides is 2. The Balaban J connectivity index is 2.33. The lowest BCUT2D eigenvalue weighted by molar-refractivity contribution is -0.117. The number of pyridine rings is 1. The van der Waals surface area contributed by atoms with E-state index >= 15 is 0 Å². The molecule has 100 valence electrons. The average Bonchev–Trinajstić information content (AvgIpc) is 2.29. The molecule has 0 fully saturated rings. The van der Waals surface area contributed by atoms with Crippen molar-refractivity contribution in [2.24, 2.45) is 0 Å². The van der Waals surface area contributed by atoms with Crippen molar-refractivity contribution in [2.75, 3.05) is 18.5 Å².